The summed E-state index contributed by atoms with van der Waals surface area (Å²) in [5.74, 6) is -3.79. The van der Waals surface area contributed by atoms with E-state index in [-0.39, 0.29) is 65.7 Å². The number of unbranched alkanes of at least 4 members (excludes halogenated alkanes) is 5. The van der Waals surface area contributed by atoms with Crippen molar-refractivity contribution in [3.8, 4) is 0 Å². The van der Waals surface area contributed by atoms with E-state index < -0.39 is 33.7 Å². The molecule has 0 radical (unpaired) electrons. The molecular weight excluding hydrogens is 334 g/mol. The number of carboxylic acid groups (broad SMARTS) is 2. The van der Waals surface area contributed by atoms with Crippen LogP contribution in [0, 0.1) is 0 Å². The van der Waals surface area contributed by atoms with Gasteiger partial charge in [0.15, 0.2) is 0 Å². The summed E-state index contributed by atoms with van der Waals surface area (Å²) in [6.45, 7) is 1.92. The summed E-state index contributed by atoms with van der Waals surface area (Å²) < 4.78 is 27.5. The van der Waals surface area contributed by atoms with Crippen LogP contribution in [-0.4, -0.2) is 32.2 Å². The van der Waals surface area contributed by atoms with Gasteiger partial charge in [-0.2, -0.15) is 8.42 Å². The number of carbonyl (C=O) groups is 2. The number of carboxylic acids is 2. The first-order valence-corrected chi connectivity index (χ1v) is 8.07. The smallest absolute Gasteiger partial charge is 0.550 e. The van der Waals surface area contributed by atoms with Crippen LogP contribution in [0.2, 0.25) is 0 Å². The monoisotopic (exact) mass is 354 g/mol. The Labute approximate surface area is 175 Å². The van der Waals surface area contributed by atoms with E-state index in [0.717, 1.165) is 32.1 Å². The van der Waals surface area contributed by atoms with Crippen molar-refractivity contribution in [2.24, 2.45) is 0 Å². The number of aliphatic carboxylic acids is 2. The van der Waals surface area contributed by atoms with Gasteiger partial charge in [0.25, 0.3) is 10.1 Å². The van der Waals surface area contributed by atoms with Crippen molar-refractivity contribution in [1.82, 2.24) is 0 Å². The normalized spacial score (nSPS) is 11.9. The number of rotatable bonds is 12. The predicted molar refractivity (Wildman–Crippen MR) is 66.7 cm³/mol. The first kappa shape index (κ1) is 27.7. The summed E-state index contributed by atoms with van der Waals surface area (Å²) in [4.78, 5) is 20.9. The van der Waals surface area contributed by atoms with Gasteiger partial charge in [-0.25, -0.2) is 0 Å². The van der Waals surface area contributed by atoms with E-state index >= 15 is 0 Å². The average molecular weight is 354 g/mol. The Hall–Kier alpha value is 0.850. The Balaban J connectivity index is -0.00000180. The van der Waals surface area contributed by atoms with Crippen LogP contribution in [0.1, 0.15) is 51.9 Å². The van der Waals surface area contributed by atoms with E-state index in [0.29, 0.717) is 6.42 Å². The molecule has 0 bridgehead atoms. The molecule has 0 saturated heterocycles. The maximum absolute atomic E-state index is 11.5. The van der Waals surface area contributed by atoms with E-state index in [9.17, 15) is 28.2 Å². The third-order valence-electron chi connectivity index (χ3n) is 2.71. The van der Waals surface area contributed by atoms with Crippen molar-refractivity contribution in [3.63, 3.8) is 0 Å². The molecule has 22 heavy (non-hydrogen) atoms. The molecule has 0 aliphatic heterocycles. The van der Waals surface area contributed by atoms with Gasteiger partial charge >= 0.3 is 59.1 Å². The van der Waals surface area contributed by atoms with Crippen LogP contribution in [0.5, 0.6) is 0 Å². The Kier molecular flexibility index (Phi) is 19.4. The first-order valence-electron chi connectivity index (χ1n) is 6.60. The molecule has 0 aromatic carbocycles. The molecule has 10 heteroatoms. The summed E-state index contributed by atoms with van der Waals surface area (Å²) >= 11 is 0. The first-order chi connectivity index (χ1) is 9.31. The van der Waals surface area contributed by atoms with Gasteiger partial charge < -0.3 is 19.8 Å². The van der Waals surface area contributed by atoms with Crippen LogP contribution >= 0.6 is 0 Å². The topological polar surface area (TPSA) is 124 Å². The van der Waals surface area contributed by atoms with Gasteiger partial charge in [-0.05, 0) is 6.42 Å². The molecule has 1 atom stereocenters. The quantitative estimate of drug-likeness (QED) is 0.194. The largest absolute Gasteiger partial charge is 1.00 e. The Morgan fingerprint density at radius 1 is 1.00 bits per heavy atom. The van der Waals surface area contributed by atoms with Crippen molar-refractivity contribution in [3.05, 3.63) is 0 Å². The van der Waals surface area contributed by atoms with Crippen molar-refractivity contribution in [2.45, 2.75) is 57.1 Å². The van der Waals surface area contributed by atoms with Crippen LogP contribution in [0.25, 0.3) is 0 Å². The minimum atomic E-state index is -4.50. The average Bonchev–Trinajstić information content (AvgIpc) is 2.34. The van der Waals surface area contributed by atoms with Crippen molar-refractivity contribution in [2.75, 3.05) is 6.61 Å². The van der Waals surface area contributed by atoms with Gasteiger partial charge in [0.05, 0.1) is 12.6 Å². The van der Waals surface area contributed by atoms with E-state index in [1.807, 2.05) is 0 Å². The minimum absolute atomic E-state index is 0. The van der Waals surface area contributed by atoms with E-state index in [2.05, 4.69) is 11.1 Å². The van der Waals surface area contributed by atoms with Crippen LogP contribution < -0.4 is 69.3 Å². The zero-order valence-electron chi connectivity index (χ0n) is 13.5. The Morgan fingerprint density at radius 2 is 1.50 bits per heavy atom. The molecule has 0 amide bonds. The number of carbonyl (C=O) groups excluding carboxylic acids is 2. The van der Waals surface area contributed by atoms with Crippen molar-refractivity contribution >= 4 is 22.1 Å². The molecule has 0 fully saturated rings. The zero-order chi connectivity index (χ0) is 15.6. The summed E-state index contributed by atoms with van der Waals surface area (Å²) in [5, 5.41) is 18.7. The fourth-order valence-electron chi connectivity index (χ4n) is 1.59. The Morgan fingerprint density at radius 3 is 1.95 bits per heavy atom. The molecule has 7 nitrogen and oxygen atoms in total. The van der Waals surface area contributed by atoms with Crippen molar-refractivity contribution in [1.29, 1.82) is 0 Å². The molecule has 118 valence electrons. The third kappa shape index (κ3) is 13.3. The molecule has 0 aromatic rings. The van der Waals surface area contributed by atoms with E-state index in [4.69, 9.17) is 0 Å². The van der Waals surface area contributed by atoms with Gasteiger partial charge in [-0.1, -0.05) is 39.0 Å². The Bertz CT molecular complexity index is 412. The molecule has 1 unspecified atom stereocenters. The minimum Gasteiger partial charge on any atom is -0.550 e. The molecule has 0 aliphatic rings. The zero-order valence-corrected chi connectivity index (χ0v) is 18.3. The second-order valence-corrected chi connectivity index (χ2v) is 6.26. The van der Waals surface area contributed by atoms with E-state index in [1.54, 1.807) is 0 Å². The van der Waals surface area contributed by atoms with Gasteiger partial charge in [-0.15, -0.1) is 0 Å². The fraction of sp³-hybridized carbons (Fsp3) is 0.833. The van der Waals surface area contributed by atoms with Crippen LogP contribution in [0.15, 0.2) is 0 Å². The molecule has 0 N–H and O–H groups in total. The maximum Gasteiger partial charge on any atom is 1.00 e. The fourth-order valence-corrected chi connectivity index (χ4v) is 2.68. The molecule has 0 saturated carbocycles. The summed E-state index contributed by atoms with van der Waals surface area (Å²) in [5.41, 5.74) is 0. The second-order valence-electron chi connectivity index (χ2n) is 4.47. The summed E-state index contributed by atoms with van der Waals surface area (Å²) in [6.07, 6.45) is 4.26. The standard InChI is InChI=1S/C12H22O7S.2Na/c1-2-3-4-5-6-7-8-19-20(17,18)10(12(15)16)9-11(13)14;;/h10H,2-9H2,1H3,(H,13,14)(H,15,16);;/q;2*+1/p-2. The molecule has 0 aliphatic carbocycles. The number of hydrogen-bond acceptors (Lipinski definition) is 7. The molecule has 0 aromatic heterocycles. The van der Waals surface area contributed by atoms with Gasteiger partial charge in [0.2, 0.25) is 0 Å². The second kappa shape index (κ2) is 15.4. The molecule has 0 heterocycles. The van der Waals surface area contributed by atoms with Gasteiger partial charge in [-0.3, -0.25) is 4.18 Å². The SMILES string of the molecule is CCCCCCCCOS(=O)(=O)C(CC(=O)[O-])C(=O)[O-].[Na+].[Na+]. The van der Waals surface area contributed by atoms with Gasteiger partial charge in [0.1, 0.15) is 5.25 Å². The number of hydrogen-bond donors (Lipinski definition) is 0. The van der Waals surface area contributed by atoms with Crippen molar-refractivity contribution < 1.29 is 91.5 Å². The van der Waals surface area contributed by atoms with Crippen LogP contribution in [-0.2, 0) is 23.9 Å². The summed E-state index contributed by atoms with van der Waals surface area (Å²) in [7, 11) is -4.50. The molecular formula is C12H20Na2O7S. The summed E-state index contributed by atoms with van der Waals surface area (Å²) in [6, 6.07) is 0. The molecule has 0 rings (SSSR count). The van der Waals surface area contributed by atoms with Crippen LogP contribution in [0.3, 0.4) is 0 Å². The van der Waals surface area contributed by atoms with Gasteiger partial charge in [0, 0.05) is 12.4 Å². The van der Waals surface area contributed by atoms with Crippen LogP contribution in [0.4, 0.5) is 0 Å². The maximum atomic E-state index is 11.5. The predicted octanol–water partition coefficient (Wildman–Crippen LogP) is -7.04. The molecule has 0 spiro atoms. The van der Waals surface area contributed by atoms with E-state index in [1.165, 1.54) is 0 Å². The third-order valence-corrected chi connectivity index (χ3v) is 4.26.